The average molecular weight is 755 g/mol. The molecule has 2 aliphatic rings. The van der Waals surface area contributed by atoms with Gasteiger partial charge in [-0.15, -0.1) is 0 Å². The summed E-state index contributed by atoms with van der Waals surface area (Å²) < 4.78 is 9.92. The van der Waals surface area contributed by atoms with Gasteiger partial charge in [0.15, 0.2) is 6.10 Å². The molecule has 4 heterocycles. The molecule has 0 spiro atoms. The molecule has 2 aromatic carbocycles. The van der Waals surface area contributed by atoms with Crippen molar-refractivity contribution >= 4 is 24.0 Å². The Balaban J connectivity index is 1.14. The van der Waals surface area contributed by atoms with Crippen LogP contribution < -0.4 is 11.1 Å². The van der Waals surface area contributed by atoms with Crippen LogP contribution in [0.25, 0.3) is 33.6 Å². The van der Waals surface area contributed by atoms with E-state index in [1.165, 1.54) is 7.11 Å². The predicted octanol–water partition coefficient (Wildman–Crippen LogP) is 5.45. The normalized spacial score (nSPS) is 18.1. The molecule has 2 fully saturated rings. The number of primary amides is 1. The van der Waals surface area contributed by atoms with Crippen LogP contribution in [0.3, 0.4) is 0 Å². The second kappa shape index (κ2) is 16.8. The maximum absolute atomic E-state index is 13.5. The highest BCUT2D eigenvalue weighted by molar-refractivity contribution is 5.86. The number of aliphatic hydroxyl groups is 1. The molecule has 2 aromatic heterocycles. The molecule has 15 nitrogen and oxygen atoms in total. The van der Waals surface area contributed by atoms with Crippen LogP contribution in [0, 0.1) is 11.8 Å². The first-order valence-corrected chi connectivity index (χ1v) is 18.8. The number of nitrogens with zero attached hydrogens (tertiary/aromatic N) is 4. The van der Waals surface area contributed by atoms with E-state index in [0.29, 0.717) is 42.5 Å². The molecule has 2 aliphatic heterocycles. The van der Waals surface area contributed by atoms with Gasteiger partial charge < -0.3 is 45.4 Å². The number of H-pyrrole nitrogens is 2. The summed E-state index contributed by atoms with van der Waals surface area (Å²) in [5.74, 6) is 0.418. The molecular formula is C40H50N8O7. The van der Waals surface area contributed by atoms with Crippen molar-refractivity contribution in [1.82, 2.24) is 35.1 Å². The van der Waals surface area contributed by atoms with Crippen molar-refractivity contribution in [2.45, 2.75) is 84.2 Å². The summed E-state index contributed by atoms with van der Waals surface area (Å²) in [5, 5.41) is 12.9. The molecule has 4 atom stereocenters. The van der Waals surface area contributed by atoms with Gasteiger partial charge in [-0.05, 0) is 54.2 Å². The molecular weight excluding hydrogens is 704 g/mol. The third-order valence-electron chi connectivity index (χ3n) is 10.4. The lowest BCUT2D eigenvalue weighted by atomic mass is 10.0. The Morgan fingerprint density at radius 3 is 1.95 bits per heavy atom. The number of amides is 4. The van der Waals surface area contributed by atoms with Crippen LogP contribution in [0.2, 0.25) is 0 Å². The van der Waals surface area contributed by atoms with Gasteiger partial charge in [0.05, 0.1) is 42.9 Å². The summed E-state index contributed by atoms with van der Waals surface area (Å²) in [5.41, 5.74) is 10.9. The molecule has 0 bridgehead atoms. The molecule has 0 aliphatic carbocycles. The number of alkyl carbamates (subject to hydrolysis) is 1. The molecule has 55 heavy (non-hydrogen) atoms. The van der Waals surface area contributed by atoms with Crippen molar-refractivity contribution in [2.75, 3.05) is 20.2 Å². The fourth-order valence-corrected chi connectivity index (χ4v) is 7.53. The van der Waals surface area contributed by atoms with Crippen molar-refractivity contribution < 1.29 is 33.8 Å². The van der Waals surface area contributed by atoms with Crippen molar-refractivity contribution in [1.29, 1.82) is 0 Å². The molecule has 2 saturated heterocycles. The zero-order valence-corrected chi connectivity index (χ0v) is 31.9. The van der Waals surface area contributed by atoms with Gasteiger partial charge in [0.2, 0.25) is 5.91 Å². The van der Waals surface area contributed by atoms with Gasteiger partial charge in [-0.25, -0.2) is 19.6 Å². The number of likely N-dealkylation sites (tertiary alicyclic amines) is 2. The van der Waals surface area contributed by atoms with E-state index in [9.17, 15) is 24.3 Å². The van der Waals surface area contributed by atoms with Crippen LogP contribution in [-0.4, -0.2) is 91.2 Å². The highest BCUT2D eigenvalue weighted by atomic mass is 16.6. The Hall–Kier alpha value is -5.70. The molecule has 0 saturated carbocycles. The number of aromatic nitrogens is 4. The first kappa shape index (κ1) is 39.0. The Morgan fingerprint density at radius 1 is 0.836 bits per heavy atom. The highest BCUT2D eigenvalue weighted by Gasteiger charge is 2.39. The van der Waals surface area contributed by atoms with Gasteiger partial charge in [-0.1, -0.05) is 76.2 Å². The van der Waals surface area contributed by atoms with Crippen LogP contribution in [0.5, 0.6) is 0 Å². The molecule has 4 amide bonds. The Kier molecular flexibility index (Phi) is 11.9. The molecule has 15 heteroatoms. The Morgan fingerprint density at radius 2 is 1.40 bits per heavy atom. The number of carbonyl (C=O) groups excluding carboxylic acids is 4. The number of ether oxygens (including phenoxy) is 2. The van der Waals surface area contributed by atoms with Gasteiger partial charge in [0.25, 0.3) is 5.91 Å². The van der Waals surface area contributed by atoms with Gasteiger partial charge in [-0.2, -0.15) is 0 Å². The summed E-state index contributed by atoms with van der Waals surface area (Å²) >= 11 is 0. The van der Waals surface area contributed by atoms with Crippen molar-refractivity contribution in [3.63, 3.8) is 0 Å². The number of hydrogen-bond acceptors (Lipinski definition) is 9. The van der Waals surface area contributed by atoms with E-state index >= 15 is 0 Å². The van der Waals surface area contributed by atoms with Gasteiger partial charge in [-0.3, -0.25) is 9.59 Å². The lowest BCUT2D eigenvalue weighted by Gasteiger charge is -2.29. The second-order valence-corrected chi connectivity index (χ2v) is 14.8. The van der Waals surface area contributed by atoms with E-state index in [4.69, 9.17) is 25.2 Å². The molecule has 292 valence electrons. The summed E-state index contributed by atoms with van der Waals surface area (Å²) in [4.78, 5) is 70.1. The van der Waals surface area contributed by atoms with Crippen LogP contribution in [0.1, 0.15) is 82.8 Å². The maximum Gasteiger partial charge on any atom is 0.407 e. The number of imidazole rings is 2. The fraction of sp³-hybridized carbons (Fsp3) is 0.450. The van der Waals surface area contributed by atoms with Crippen LogP contribution in [-0.2, 0) is 25.7 Å². The van der Waals surface area contributed by atoms with E-state index < -0.39 is 24.3 Å². The number of benzene rings is 2. The topological polar surface area (TPSA) is 209 Å². The number of hydrogen-bond donors (Lipinski definition) is 5. The van der Waals surface area contributed by atoms with Gasteiger partial charge in [0, 0.05) is 24.8 Å². The quantitative estimate of drug-likeness (QED) is 0.124. The van der Waals surface area contributed by atoms with Crippen molar-refractivity contribution in [3.8, 4) is 33.6 Å². The fourth-order valence-electron chi connectivity index (χ4n) is 7.53. The molecule has 6 N–H and O–H groups in total. The zero-order chi connectivity index (χ0) is 39.4. The molecule has 1 unspecified atom stereocenters. The Bertz CT molecular complexity index is 1990. The lowest BCUT2D eigenvalue weighted by Crippen LogP contribution is -2.51. The highest BCUT2D eigenvalue weighted by Crippen LogP contribution is 2.36. The number of carbonyl (C=O) groups is 4. The van der Waals surface area contributed by atoms with Crippen molar-refractivity contribution in [2.24, 2.45) is 17.6 Å². The summed E-state index contributed by atoms with van der Waals surface area (Å²) in [6, 6.07) is 14.7. The van der Waals surface area contributed by atoms with E-state index in [-0.39, 0.29) is 42.3 Å². The number of methoxy groups -OCH3 is 1. The maximum atomic E-state index is 13.5. The van der Waals surface area contributed by atoms with E-state index in [0.717, 1.165) is 47.2 Å². The SMILES string of the molecule is COC(=O)N[C@H](C(=O)N1CCCC1c1nc(-c2ccc(-c3ccc(-c4[nH]c([C@@H]5CCCN5C(=O)[C@@H](OC(N)=O)C(C)C)nc4CO)cc3)cc2)c[nH]1)C(C)C. The lowest BCUT2D eigenvalue weighted by molar-refractivity contribution is -0.143. The smallest absolute Gasteiger partial charge is 0.407 e. The van der Waals surface area contributed by atoms with Crippen LogP contribution >= 0.6 is 0 Å². The second-order valence-electron chi connectivity index (χ2n) is 14.8. The van der Waals surface area contributed by atoms with Crippen LogP contribution in [0.4, 0.5) is 9.59 Å². The largest absolute Gasteiger partial charge is 0.453 e. The summed E-state index contributed by atoms with van der Waals surface area (Å²) in [6.45, 7) is 8.16. The van der Waals surface area contributed by atoms with Gasteiger partial charge in [0.1, 0.15) is 17.7 Å². The number of nitrogens with two attached hydrogens (primary N) is 1. The summed E-state index contributed by atoms with van der Waals surface area (Å²) in [7, 11) is 1.28. The number of aromatic amines is 2. The summed E-state index contributed by atoms with van der Waals surface area (Å²) in [6.07, 6.45) is 2.26. The van der Waals surface area contributed by atoms with E-state index in [1.54, 1.807) is 23.6 Å². The zero-order valence-electron chi connectivity index (χ0n) is 31.9. The number of aliphatic hydroxyl groups excluding tert-OH is 1. The first-order chi connectivity index (χ1) is 26.4. The third kappa shape index (κ3) is 8.36. The standard InChI is InChI=1S/C40H50N8O7/c1-22(2)32(46-40(53)54-5)37(50)47-18-6-8-30(47)35-42-20-28(43-35)26-14-10-24(11-15-26)25-12-16-27(17-13-25)33-29(21-49)44-36(45-33)31-9-7-19-48(31)38(51)34(23(3)4)55-39(41)52/h10-17,20,22-23,30-32,34,49H,6-9,18-19,21H2,1-5H3,(H2,41,52)(H,42,43)(H,44,45)(H,46,53)/t30?,31-,32-,34-/m0/s1. The monoisotopic (exact) mass is 754 g/mol. The molecule has 4 aromatic rings. The van der Waals surface area contributed by atoms with Crippen molar-refractivity contribution in [3.05, 3.63) is 72.1 Å². The average Bonchev–Trinajstić information content (AvgIpc) is 4.01. The van der Waals surface area contributed by atoms with E-state index in [1.807, 2.05) is 68.6 Å². The number of nitrogens with one attached hydrogen (secondary N) is 3. The number of rotatable bonds is 12. The van der Waals surface area contributed by atoms with E-state index in [2.05, 4.69) is 15.3 Å². The first-order valence-electron chi connectivity index (χ1n) is 18.8. The minimum Gasteiger partial charge on any atom is -0.453 e. The third-order valence-corrected chi connectivity index (χ3v) is 10.4. The predicted molar refractivity (Wildman–Crippen MR) is 204 cm³/mol. The Labute approximate surface area is 320 Å². The minimum atomic E-state index is -0.995. The van der Waals surface area contributed by atoms with Gasteiger partial charge >= 0.3 is 12.2 Å². The molecule has 6 rings (SSSR count). The minimum absolute atomic E-state index is 0.117. The van der Waals surface area contributed by atoms with Crippen LogP contribution in [0.15, 0.2) is 54.7 Å². The molecule has 0 radical (unpaired) electrons.